The molecule has 5 nitrogen and oxygen atoms in total. The van der Waals surface area contributed by atoms with E-state index in [0.717, 1.165) is 24.2 Å². The molecular formula is C24H27ClFN3O2. The third-order valence-corrected chi connectivity index (χ3v) is 6.72. The lowest BCUT2D eigenvalue weighted by atomic mass is 10.0. The molecule has 0 radical (unpaired) electrons. The standard InChI is InChI=1S/C24H27ClFN3O2/c1-15-3-6-22(26)20(9-15)24(31)29-13-17-11-28(12-18(17)14-29)8-7-23(30)27-19-5-4-16(2)21(25)10-19/h3-6,9-10,17-18H,7-8,11-14H2,1-2H3,(H,27,30). The molecule has 2 aromatic carbocycles. The van der Waals surface area contributed by atoms with Crippen LogP contribution in [-0.4, -0.2) is 54.3 Å². The van der Waals surface area contributed by atoms with Crippen LogP contribution in [0.15, 0.2) is 36.4 Å². The fourth-order valence-corrected chi connectivity index (χ4v) is 4.75. The number of carbonyl (C=O) groups excluding carboxylic acids is 2. The van der Waals surface area contributed by atoms with Gasteiger partial charge in [-0.3, -0.25) is 9.59 Å². The fraction of sp³-hybridized carbons (Fsp3) is 0.417. The van der Waals surface area contributed by atoms with Crippen LogP contribution in [0.25, 0.3) is 0 Å². The van der Waals surface area contributed by atoms with Crippen LogP contribution in [0.1, 0.15) is 27.9 Å². The lowest BCUT2D eigenvalue weighted by Gasteiger charge is -2.22. The van der Waals surface area contributed by atoms with Gasteiger partial charge in [-0.1, -0.05) is 29.3 Å². The molecule has 2 aliphatic rings. The highest BCUT2D eigenvalue weighted by molar-refractivity contribution is 6.31. The van der Waals surface area contributed by atoms with Crippen LogP contribution < -0.4 is 5.32 Å². The Labute approximate surface area is 187 Å². The van der Waals surface area contributed by atoms with Crippen molar-refractivity contribution in [2.24, 2.45) is 11.8 Å². The van der Waals surface area contributed by atoms with E-state index in [4.69, 9.17) is 11.6 Å². The molecule has 0 aliphatic carbocycles. The average molecular weight is 444 g/mol. The molecule has 2 amide bonds. The summed E-state index contributed by atoms with van der Waals surface area (Å²) in [6.45, 7) is 7.45. The molecule has 164 valence electrons. The van der Waals surface area contributed by atoms with Crippen LogP contribution in [0.3, 0.4) is 0 Å². The van der Waals surface area contributed by atoms with Gasteiger partial charge in [0, 0.05) is 49.9 Å². The summed E-state index contributed by atoms with van der Waals surface area (Å²) in [6, 6.07) is 10.1. The van der Waals surface area contributed by atoms with Gasteiger partial charge in [0.05, 0.1) is 5.56 Å². The SMILES string of the molecule is Cc1ccc(F)c(C(=O)N2CC3CN(CCC(=O)Nc4ccc(C)c(Cl)c4)CC3C2)c1. The minimum Gasteiger partial charge on any atom is -0.338 e. The first-order valence-electron chi connectivity index (χ1n) is 10.6. The van der Waals surface area contributed by atoms with E-state index in [1.54, 1.807) is 23.1 Å². The van der Waals surface area contributed by atoms with E-state index in [1.165, 1.54) is 6.07 Å². The molecule has 0 bridgehead atoms. The second kappa shape index (κ2) is 8.97. The van der Waals surface area contributed by atoms with Crippen LogP contribution in [0, 0.1) is 31.5 Å². The summed E-state index contributed by atoms with van der Waals surface area (Å²) in [7, 11) is 0. The molecule has 2 saturated heterocycles. The molecule has 2 fully saturated rings. The molecule has 2 unspecified atom stereocenters. The number of aryl methyl sites for hydroxylation is 2. The number of fused-ring (bicyclic) bond motifs is 1. The molecule has 4 rings (SSSR count). The number of benzene rings is 2. The zero-order valence-electron chi connectivity index (χ0n) is 17.8. The second-order valence-corrected chi connectivity index (χ2v) is 9.14. The number of likely N-dealkylation sites (tertiary alicyclic amines) is 2. The maximum atomic E-state index is 14.1. The largest absolute Gasteiger partial charge is 0.338 e. The van der Waals surface area contributed by atoms with E-state index < -0.39 is 5.82 Å². The number of nitrogens with zero attached hydrogens (tertiary/aromatic N) is 2. The molecule has 2 atom stereocenters. The zero-order valence-corrected chi connectivity index (χ0v) is 18.6. The maximum Gasteiger partial charge on any atom is 0.256 e. The van der Waals surface area contributed by atoms with Crippen molar-refractivity contribution in [1.29, 1.82) is 0 Å². The van der Waals surface area contributed by atoms with Gasteiger partial charge in [-0.25, -0.2) is 4.39 Å². The Bertz CT molecular complexity index is 998. The highest BCUT2D eigenvalue weighted by atomic mass is 35.5. The molecule has 1 N–H and O–H groups in total. The van der Waals surface area contributed by atoms with Crippen molar-refractivity contribution in [3.8, 4) is 0 Å². The molecule has 0 aromatic heterocycles. The van der Waals surface area contributed by atoms with Gasteiger partial charge in [-0.05, 0) is 55.5 Å². The third kappa shape index (κ3) is 4.91. The first kappa shape index (κ1) is 21.8. The molecule has 0 spiro atoms. The number of nitrogens with one attached hydrogen (secondary N) is 1. The van der Waals surface area contributed by atoms with Crippen molar-refractivity contribution in [2.75, 3.05) is 38.0 Å². The van der Waals surface area contributed by atoms with Crippen molar-refractivity contribution in [3.05, 3.63) is 63.9 Å². The Kier molecular flexibility index (Phi) is 6.30. The monoisotopic (exact) mass is 443 g/mol. The Morgan fingerprint density at radius 2 is 1.77 bits per heavy atom. The quantitative estimate of drug-likeness (QED) is 0.756. The van der Waals surface area contributed by atoms with Gasteiger partial charge in [0.15, 0.2) is 0 Å². The summed E-state index contributed by atoms with van der Waals surface area (Å²) in [6.07, 6.45) is 0.405. The highest BCUT2D eigenvalue weighted by Gasteiger charge is 2.41. The lowest BCUT2D eigenvalue weighted by Crippen LogP contribution is -2.34. The zero-order chi connectivity index (χ0) is 22.1. The highest BCUT2D eigenvalue weighted by Crippen LogP contribution is 2.32. The van der Waals surface area contributed by atoms with Crippen molar-refractivity contribution in [3.63, 3.8) is 0 Å². The van der Waals surface area contributed by atoms with Gasteiger partial charge < -0.3 is 15.1 Å². The molecule has 2 aliphatic heterocycles. The Morgan fingerprint density at radius 3 is 2.45 bits per heavy atom. The molecule has 0 saturated carbocycles. The van der Waals surface area contributed by atoms with Crippen LogP contribution in [0.5, 0.6) is 0 Å². The number of hydrogen-bond acceptors (Lipinski definition) is 3. The van der Waals surface area contributed by atoms with Crippen molar-refractivity contribution >= 4 is 29.1 Å². The Morgan fingerprint density at radius 1 is 1.06 bits per heavy atom. The number of halogens is 2. The van der Waals surface area contributed by atoms with Crippen LogP contribution in [0.4, 0.5) is 10.1 Å². The van der Waals surface area contributed by atoms with Gasteiger partial charge in [0.25, 0.3) is 5.91 Å². The number of anilines is 1. The summed E-state index contributed by atoms with van der Waals surface area (Å²) < 4.78 is 14.1. The summed E-state index contributed by atoms with van der Waals surface area (Å²) in [4.78, 5) is 29.1. The second-order valence-electron chi connectivity index (χ2n) is 8.74. The van der Waals surface area contributed by atoms with Gasteiger partial charge in [0.1, 0.15) is 5.82 Å². The van der Waals surface area contributed by atoms with Crippen LogP contribution >= 0.6 is 11.6 Å². The van der Waals surface area contributed by atoms with Gasteiger partial charge in [-0.2, -0.15) is 0 Å². The third-order valence-electron chi connectivity index (χ3n) is 6.31. The molecule has 2 heterocycles. The first-order chi connectivity index (χ1) is 14.8. The molecule has 2 aromatic rings. The van der Waals surface area contributed by atoms with Gasteiger partial charge in [0.2, 0.25) is 5.91 Å². The Balaban J connectivity index is 1.26. The average Bonchev–Trinajstić information content (AvgIpc) is 3.29. The van der Waals surface area contributed by atoms with E-state index in [1.807, 2.05) is 26.0 Å². The summed E-state index contributed by atoms with van der Waals surface area (Å²) >= 11 is 6.11. The van der Waals surface area contributed by atoms with Crippen LogP contribution in [-0.2, 0) is 4.79 Å². The number of rotatable bonds is 5. The van der Waals surface area contributed by atoms with Crippen molar-refractivity contribution < 1.29 is 14.0 Å². The van der Waals surface area contributed by atoms with Crippen LogP contribution in [0.2, 0.25) is 5.02 Å². The van der Waals surface area contributed by atoms with E-state index in [-0.39, 0.29) is 17.4 Å². The van der Waals surface area contributed by atoms with Gasteiger partial charge >= 0.3 is 0 Å². The van der Waals surface area contributed by atoms with Gasteiger partial charge in [-0.15, -0.1) is 0 Å². The lowest BCUT2D eigenvalue weighted by molar-refractivity contribution is -0.116. The van der Waals surface area contributed by atoms with E-state index in [9.17, 15) is 14.0 Å². The minimum atomic E-state index is -0.463. The van der Waals surface area contributed by atoms with E-state index in [0.29, 0.717) is 48.6 Å². The first-order valence-corrected chi connectivity index (χ1v) is 11.0. The van der Waals surface area contributed by atoms with Crippen molar-refractivity contribution in [1.82, 2.24) is 9.80 Å². The number of hydrogen-bond donors (Lipinski definition) is 1. The number of amides is 2. The summed E-state index contributed by atoms with van der Waals surface area (Å²) in [5.74, 6) is 0.0173. The maximum absolute atomic E-state index is 14.1. The van der Waals surface area contributed by atoms with Crippen molar-refractivity contribution in [2.45, 2.75) is 20.3 Å². The minimum absolute atomic E-state index is 0.0382. The summed E-state index contributed by atoms with van der Waals surface area (Å²) in [5.41, 5.74) is 2.71. The fourth-order valence-electron chi connectivity index (χ4n) is 4.57. The molecule has 31 heavy (non-hydrogen) atoms. The predicted octanol–water partition coefficient (Wildman–Crippen LogP) is 4.13. The summed E-state index contributed by atoms with van der Waals surface area (Å²) in [5, 5.41) is 3.53. The number of carbonyl (C=O) groups is 2. The van der Waals surface area contributed by atoms with E-state index in [2.05, 4.69) is 10.2 Å². The predicted molar refractivity (Wildman–Crippen MR) is 120 cm³/mol. The normalized spacial score (nSPS) is 20.7. The topological polar surface area (TPSA) is 52.7 Å². The molecule has 7 heteroatoms. The molecular weight excluding hydrogens is 417 g/mol. The smallest absolute Gasteiger partial charge is 0.256 e. The van der Waals surface area contributed by atoms with E-state index >= 15 is 0 Å². The Hall–Kier alpha value is -2.44.